The molecule has 0 aliphatic rings. The molecule has 0 saturated carbocycles. The van der Waals surface area contributed by atoms with Crippen LogP contribution in [0.2, 0.25) is 0 Å². The van der Waals surface area contributed by atoms with Crippen LogP contribution in [0.1, 0.15) is 5.56 Å². The first-order valence-electron chi connectivity index (χ1n) is 7.64. The normalized spacial score (nSPS) is 9.96. The van der Waals surface area contributed by atoms with Crippen molar-refractivity contribution in [1.29, 1.82) is 0 Å². The Balaban J connectivity index is 1.87. The van der Waals surface area contributed by atoms with Gasteiger partial charge in [0.1, 0.15) is 0 Å². The number of aryl methyl sites for hydroxylation is 1. The third-order valence-corrected chi connectivity index (χ3v) is 3.41. The van der Waals surface area contributed by atoms with E-state index < -0.39 is 0 Å². The highest BCUT2D eigenvalue weighted by molar-refractivity contribution is 6.00. The maximum Gasteiger partial charge on any atom is 0.358 e. The number of hydrogen-bond donors (Lipinski definition) is 3. The minimum Gasteiger partial charge on any atom is -0.245 e. The summed E-state index contributed by atoms with van der Waals surface area (Å²) in [4.78, 5) is 3.40. The van der Waals surface area contributed by atoms with Crippen molar-refractivity contribution in [3.8, 4) is 0 Å². The standard InChI is InChI=1S/C20H19N3/c1-16-12-14-19(15-13-16)23-20(21-17-8-4-2-5-9-17)22-18-10-6-3-7-11-18/h2-15H,1H3,(H2,21,22,23)/p+1. The number of hydrogen-bond acceptors (Lipinski definition) is 0. The topological polar surface area (TPSA) is 38.0 Å². The summed E-state index contributed by atoms with van der Waals surface area (Å²) in [6.45, 7) is 2.08. The van der Waals surface area contributed by atoms with Gasteiger partial charge in [0.15, 0.2) is 0 Å². The van der Waals surface area contributed by atoms with Crippen LogP contribution in [-0.4, -0.2) is 5.96 Å². The van der Waals surface area contributed by atoms with Crippen molar-refractivity contribution in [2.45, 2.75) is 6.92 Å². The summed E-state index contributed by atoms with van der Waals surface area (Å²) in [5.74, 6) is 0.811. The minimum absolute atomic E-state index is 0.811. The summed E-state index contributed by atoms with van der Waals surface area (Å²) in [5.41, 5.74) is 4.30. The van der Waals surface area contributed by atoms with Crippen LogP contribution in [0.3, 0.4) is 0 Å². The average molecular weight is 302 g/mol. The van der Waals surface area contributed by atoms with Crippen LogP contribution in [0.15, 0.2) is 84.9 Å². The Morgan fingerprint density at radius 3 is 1.61 bits per heavy atom. The lowest BCUT2D eigenvalue weighted by atomic mass is 10.2. The van der Waals surface area contributed by atoms with Gasteiger partial charge in [-0.05, 0) is 43.3 Å². The summed E-state index contributed by atoms with van der Waals surface area (Å²) >= 11 is 0. The van der Waals surface area contributed by atoms with Gasteiger partial charge < -0.3 is 0 Å². The van der Waals surface area contributed by atoms with Crippen molar-refractivity contribution in [1.82, 2.24) is 0 Å². The summed E-state index contributed by atoms with van der Waals surface area (Å²) < 4.78 is 0. The summed E-state index contributed by atoms with van der Waals surface area (Å²) in [6, 6.07) is 28.5. The Bertz CT molecular complexity index is 720. The van der Waals surface area contributed by atoms with Gasteiger partial charge >= 0.3 is 5.96 Å². The fourth-order valence-electron chi connectivity index (χ4n) is 2.21. The van der Waals surface area contributed by atoms with Crippen LogP contribution < -0.4 is 15.6 Å². The van der Waals surface area contributed by atoms with E-state index in [1.165, 1.54) is 5.56 Å². The van der Waals surface area contributed by atoms with Gasteiger partial charge in [-0.15, -0.1) is 0 Å². The molecular formula is C20H20N3+. The highest BCUT2D eigenvalue weighted by Gasteiger charge is 2.09. The molecule has 3 N–H and O–H groups in total. The molecule has 0 atom stereocenters. The first kappa shape index (κ1) is 14.9. The highest BCUT2D eigenvalue weighted by Crippen LogP contribution is 2.08. The van der Waals surface area contributed by atoms with Crippen molar-refractivity contribution >= 4 is 23.0 Å². The van der Waals surface area contributed by atoms with Gasteiger partial charge in [-0.2, -0.15) is 0 Å². The van der Waals surface area contributed by atoms with Crippen LogP contribution in [0, 0.1) is 6.92 Å². The summed E-state index contributed by atoms with van der Waals surface area (Å²) in [5, 5.41) is 6.77. The maximum atomic E-state index is 3.40. The van der Waals surface area contributed by atoms with Gasteiger partial charge in [0, 0.05) is 0 Å². The lowest BCUT2D eigenvalue weighted by molar-refractivity contribution is -0.353. The molecule has 0 aliphatic carbocycles. The fraction of sp³-hybridized carbons (Fsp3) is 0.0500. The van der Waals surface area contributed by atoms with Crippen LogP contribution in [-0.2, 0) is 0 Å². The molecule has 114 valence electrons. The Hall–Kier alpha value is -3.07. The molecule has 0 fully saturated rings. The molecule has 3 aromatic carbocycles. The predicted octanol–water partition coefficient (Wildman–Crippen LogP) is 3.29. The molecule has 0 bridgehead atoms. The largest absolute Gasteiger partial charge is 0.358 e. The summed E-state index contributed by atoms with van der Waals surface area (Å²) in [6.07, 6.45) is 0. The van der Waals surface area contributed by atoms with E-state index in [2.05, 4.69) is 46.8 Å². The monoisotopic (exact) mass is 302 g/mol. The van der Waals surface area contributed by atoms with E-state index >= 15 is 0 Å². The SMILES string of the molecule is Cc1ccc([NH+]=C(Nc2ccccc2)Nc2ccccc2)cc1. The molecule has 0 saturated heterocycles. The van der Waals surface area contributed by atoms with Crippen LogP contribution in [0.25, 0.3) is 0 Å². The molecule has 0 spiro atoms. The number of benzene rings is 3. The zero-order valence-corrected chi connectivity index (χ0v) is 13.1. The van der Waals surface area contributed by atoms with E-state index in [4.69, 9.17) is 0 Å². The molecule has 3 nitrogen and oxygen atoms in total. The van der Waals surface area contributed by atoms with Crippen LogP contribution in [0.5, 0.6) is 0 Å². The van der Waals surface area contributed by atoms with E-state index in [-0.39, 0.29) is 0 Å². The quantitative estimate of drug-likeness (QED) is 0.513. The Labute approximate surface area is 136 Å². The number of rotatable bonds is 3. The number of para-hydroxylation sites is 2. The second-order valence-corrected chi connectivity index (χ2v) is 5.35. The number of nitrogens with one attached hydrogen (secondary N) is 3. The van der Waals surface area contributed by atoms with Gasteiger partial charge in [-0.1, -0.05) is 54.1 Å². The molecule has 0 heterocycles. The molecule has 0 unspecified atom stereocenters. The van der Waals surface area contributed by atoms with E-state index in [1.807, 2.05) is 60.7 Å². The van der Waals surface area contributed by atoms with Gasteiger partial charge in [0.2, 0.25) is 0 Å². The third kappa shape index (κ3) is 4.45. The Kier molecular flexibility index (Phi) is 4.69. The third-order valence-electron chi connectivity index (χ3n) is 3.41. The molecule has 23 heavy (non-hydrogen) atoms. The minimum atomic E-state index is 0.811. The molecular weight excluding hydrogens is 282 g/mol. The first-order chi connectivity index (χ1) is 11.3. The lowest BCUT2D eigenvalue weighted by Crippen LogP contribution is -2.70. The molecule has 0 amide bonds. The summed E-state index contributed by atoms with van der Waals surface area (Å²) in [7, 11) is 0. The number of guanidine groups is 1. The van der Waals surface area contributed by atoms with Gasteiger partial charge in [-0.3, -0.25) is 0 Å². The zero-order valence-electron chi connectivity index (χ0n) is 13.1. The molecule has 0 aromatic heterocycles. The van der Waals surface area contributed by atoms with E-state index in [0.29, 0.717) is 0 Å². The van der Waals surface area contributed by atoms with Gasteiger partial charge in [0.05, 0.1) is 17.1 Å². The van der Waals surface area contributed by atoms with Gasteiger partial charge in [-0.25, -0.2) is 15.6 Å². The Morgan fingerprint density at radius 1 is 0.652 bits per heavy atom. The molecule has 3 heteroatoms. The first-order valence-corrected chi connectivity index (χ1v) is 7.64. The predicted molar refractivity (Wildman–Crippen MR) is 96.9 cm³/mol. The van der Waals surface area contributed by atoms with Gasteiger partial charge in [0.25, 0.3) is 0 Å². The molecule has 0 aliphatic heterocycles. The van der Waals surface area contributed by atoms with E-state index in [9.17, 15) is 0 Å². The van der Waals surface area contributed by atoms with Crippen LogP contribution in [0.4, 0.5) is 17.1 Å². The van der Waals surface area contributed by atoms with Crippen molar-refractivity contribution in [2.75, 3.05) is 10.6 Å². The van der Waals surface area contributed by atoms with Crippen LogP contribution >= 0.6 is 0 Å². The van der Waals surface area contributed by atoms with Crippen molar-refractivity contribution in [2.24, 2.45) is 0 Å². The maximum absolute atomic E-state index is 3.40. The van der Waals surface area contributed by atoms with Crippen molar-refractivity contribution in [3.63, 3.8) is 0 Å². The second-order valence-electron chi connectivity index (χ2n) is 5.35. The zero-order chi connectivity index (χ0) is 15.9. The van der Waals surface area contributed by atoms with Crippen molar-refractivity contribution in [3.05, 3.63) is 90.5 Å². The highest BCUT2D eigenvalue weighted by atomic mass is 15.2. The molecule has 3 aromatic rings. The van der Waals surface area contributed by atoms with E-state index in [0.717, 1.165) is 23.0 Å². The molecule has 0 radical (unpaired) electrons. The van der Waals surface area contributed by atoms with Crippen molar-refractivity contribution < 1.29 is 4.99 Å². The van der Waals surface area contributed by atoms with E-state index in [1.54, 1.807) is 0 Å². The lowest BCUT2D eigenvalue weighted by Gasteiger charge is -2.06. The average Bonchev–Trinajstić information content (AvgIpc) is 2.59. The molecule has 3 rings (SSSR count). The second kappa shape index (κ2) is 7.27. The fourth-order valence-corrected chi connectivity index (χ4v) is 2.21. The Morgan fingerprint density at radius 2 is 1.13 bits per heavy atom. The number of anilines is 2. The smallest absolute Gasteiger partial charge is 0.245 e.